The van der Waals surface area contributed by atoms with Crippen LogP contribution >= 0.6 is 11.3 Å². The third-order valence-electron chi connectivity index (χ3n) is 3.20. The van der Waals surface area contributed by atoms with Crippen molar-refractivity contribution in [3.8, 4) is 0 Å². The van der Waals surface area contributed by atoms with Crippen LogP contribution in [0, 0.1) is 0 Å². The van der Waals surface area contributed by atoms with Crippen molar-refractivity contribution in [1.82, 2.24) is 25.1 Å². The van der Waals surface area contributed by atoms with Gasteiger partial charge in [0.15, 0.2) is 5.65 Å². The molecule has 3 aromatic heterocycles. The Balaban J connectivity index is 1.92. The Morgan fingerprint density at radius 1 is 1.41 bits per heavy atom. The van der Waals surface area contributed by atoms with Crippen LogP contribution in [0.1, 0.15) is 15.5 Å². The van der Waals surface area contributed by atoms with E-state index >= 15 is 0 Å². The Morgan fingerprint density at radius 3 is 2.91 bits per heavy atom. The van der Waals surface area contributed by atoms with Crippen LogP contribution in [0.15, 0.2) is 23.7 Å². The lowest BCUT2D eigenvalue weighted by Gasteiger charge is -2.13. The quantitative estimate of drug-likeness (QED) is 0.788. The predicted molar refractivity (Wildman–Crippen MR) is 86.1 cm³/mol. The summed E-state index contributed by atoms with van der Waals surface area (Å²) in [6.07, 6.45) is 1.71. The average molecular weight is 316 g/mol. The summed E-state index contributed by atoms with van der Waals surface area (Å²) in [6.45, 7) is 0.473. The fraction of sp³-hybridized carbons (Fsp3) is 0.286. The smallest absolute Gasteiger partial charge is 0.289 e. The van der Waals surface area contributed by atoms with Gasteiger partial charge in [0.05, 0.1) is 18.1 Å². The Kier molecular flexibility index (Phi) is 3.76. The van der Waals surface area contributed by atoms with Crippen molar-refractivity contribution in [1.29, 1.82) is 0 Å². The van der Waals surface area contributed by atoms with Crippen LogP contribution in [0.25, 0.3) is 11.0 Å². The van der Waals surface area contributed by atoms with Crippen molar-refractivity contribution in [2.75, 3.05) is 19.0 Å². The van der Waals surface area contributed by atoms with Gasteiger partial charge in [-0.2, -0.15) is 5.10 Å². The van der Waals surface area contributed by atoms with Gasteiger partial charge in [-0.3, -0.25) is 9.48 Å². The van der Waals surface area contributed by atoms with E-state index in [0.717, 1.165) is 10.3 Å². The monoisotopic (exact) mass is 316 g/mol. The minimum absolute atomic E-state index is 0.149. The molecule has 0 saturated heterocycles. The molecule has 0 aliphatic carbocycles. The van der Waals surface area contributed by atoms with Gasteiger partial charge in [-0.25, -0.2) is 9.97 Å². The number of hydrogen-bond donors (Lipinski definition) is 1. The fourth-order valence-electron chi connectivity index (χ4n) is 2.11. The number of carbonyl (C=O) groups excluding carboxylic acids is 1. The first kappa shape index (κ1) is 14.5. The average Bonchev–Trinajstić information content (AvgIpc) is 3.14. The summed E-state index contributed by atoms with van der Waals surface area (Å²) in [4.78, 5) is 23.9. The molecule has 0 saturated carbocycles. The number of nitrogens with zero attached hydrogens (tertiary/aromatic N) is 5. The summed E-state index contributed by atoms with van der Waals surface area (Å²) in [6, 6.07) is 3.93. The first-order chi connectivity index (χ1) is 10.6. The normalized spacial score (nSPS) is 10.9. The third-order valence-corrected chi connectivity index (χ3v) is 4.08. The number of hydrogen-bond acceptors (Lipinski definition) is 6. The number of rotatable bonds is 4. The number of nitrogens with one attached hydrogen (secondary N) is 1. The molecule has 1 amide bonds. The van der Waals surface area contributed by atoms with Crippen molar-refractivity contribution in [2.24, 2.45) is 7.05 Å². The number of fused-ring (bicyclic) bond motifs is 1. The summed E-state index contributed by atoms with van der Waals surface area (Å²) in [5, 5.41) is 9.82. The largest absolute Gasteiger partial charge is 0.362 e. The molecule has 1 N–H and O–H groups in total. The van der Waals surface area contributed by atoms with Crippen molar-refractivity contribution < 1.29 is 4.79 Å². The lowest BCUT2D eigenvalue weighted by Crippen LogP contribution is -2.26. The second kappa shape index (κ2) is 5.72. The van der Waals surface area contributed by atoms with E-state index in [2.05, 4.69) is 20.4 Å². The zero-order valence-electron chi connectivity index (χ0n) is 12.6. The van der Waals surface area contributed by atoms with Gasteiger partial charge >= 0.3 is 0 Å². The zero-order chi connectivity index (χ0) is 15.7. The van der Waals surface area contributed by atoms with Gasteiger partial charge in [0.25, 0.3) is 5.91 Å². The van der Waals surface area contributed by atoms with Crippen LogP contribution in [-0.2, 0) is 13.6 Å². The molecule has 0 spiro atoms. The van der Waals surface area contributed by atoms with E-state index in [4.69, 9.17) is 0 Å². The summed E-state index contributed by atoms with van der Waals surface area (Å²) < 4.78 is 1.64. The molecule has 0 unspecified atom stereocenters. The van der Waals surface area contributed by atoms with Crippen molar-refractivity contribution in [3.05, 3.63) is 34.4 Å². The van der Waals surface area contributed by atoms with Crippen molar-refractivity contribution in [2.45, 2.75) is 6.54 Å². The van der Waals surface area contributed by atoms with Crippen LogP contribution in [0.5, 0.6) is 0 Å². The van der Waals surface area contributed by atoms with Crippen LogP contribution < -0.4 is 10.2 Å². The lowest BCUT2D eigenvalue weighted by molar-refractivity contribution is 0.0941. The van der Waals surface area contributed by atoms with Gasteiger partial charge in [0, 0.05) is 26.0 Å². The third kappa shape index (κ3) is 2.64. The van der Waals surface area contributed by atoms with Crippen LogP contribution in [0.3, 0.4) is 0 Å². The number of carbonyl (C=O) groups is 1. The van der Waals surface area contributed by atoms with E-state index in [0.29, 0.717) is 18.0 Å². The molecule has 114 valence electrons. The van der Waals surface area contributed by atoms with E-state index in [1.807, 2.05) is 36.5 Å². The topological polar surface area (TPSA) is 75.9 Å². The Hall–Kier alpha value is -2.48. The number of aryl methyl sites for hydroxylation is 1. The summed E-state index contributed by atoms with van der Waals surface area (Å²) >= 11 is 1.60. The first-order valence-electron chi connectivity index (χ1n) is 6.74. The maximum Gasteiger partial charge on any atom is 0.289 e. The first-order valence-corrected chi connectivity index (χ1v) is 7.62. The van der Waals surface area contributed by atoms with Gasteiger partial charge in [-0.15, -0.1) is 11.3 Å². The maximum absolute atomic E-state index is 12.3. The van der Waals surface area contributed by atoms with E-state index < -0.39 is 0 Å². The molecule has 0 aromatic carbocycles. The van der Waals surface area contributed by atoms with E-state index in [9.17, 15) is 4.79 Å². The van der Waals surface area contributed by atoms with Crippen molar-refractivity contribution >= 4 is 34.1 Å². The maximum atomic E-state index is 12.3. The second-order valence-electron chi connectivity index (χ2n) is 5.03. The minimum atomic E-state index is -0.292. The molecule has 0 bridgehead atoms. The standard InChI is InChI=1S/C14H16N6OS/c1-19(2)12-10-8-16-20(3)13(10)18-11(17-12)14(21)15-7-9-5-4-6-22-9/h4-6,8H,7H2,1-3H3,(H,15,21). The fourth-order valence-corrected chi connectivity index (χ4v) is 2.75. The van der Waals surface area contributed by atoms with Gasteiger partial charge < -0.3 is 10.2 Å². The molecule has 0 aliphatic heterocycles. The molecule has 7 nitrogen and oxygen atoms in total. The number of anilines is 1. The van der Waals surface area contributed by atoms with Gasteiger partial charge in [0.2, 0.25) is 5.82 Å². The molecule has 3 aromatic rings. The van der Waals surface area contributed by atoms with E-state index in [1.165, 1.54) is 0 Å². The highest BCUT2D eigenvalue weighted by Gasteiger charge is 2.17. The number of amides is 1. The highest BCUT2D eigenvalue weighted by atomic mass is 32.1. The summed E-state index contributed by atoms with van der Waals surface area (Å²) in [5.41, 5.74) is 0.639. The van der Waals surface area contributed by atoms with E-state index in [1.54, 1.807) is 29.3 Å². The molecule has 3 rings (SSSR count). The number of thiophene rings is 1. The van der Waals surface area contributed by atoms with E-state index in [-0.39, 0.29) is 11.7 Å². The van der Waals surface area contributed by atoms with Gasteiger partial charge in [0.1, 0.15) is 5.82 Å². The van der Waals surface area contributed by atoms with Crippen LogP contribution in [-0.4, -0.2) is 39.8 Å². The van der Waals surface area contributed by atoms with Crippen molar-refractivity contribution in [3.63, 3.8) is 0 Å². The highest BCUT2D eigenvalue weighted by Crippen LogP contribution is 2.21. The summed E-state index contributed by atoms with van der Waals surface area (Å²) in [5.74, 6) is 0.537. The predicted octanol–water partition coefficient (Wildman–Crippen LogP) is 1.42. The molecule has 22 heavy (non-hydrogen) atoms. The zero-order valence-corrected chi connectivity index (χ0v) is 13.4. The minimum Gasteiger partial charge on any atom is -0.362 e. The van der Waals surface area contributed by atoms with Crippen LogP contribution in [0.2, 0.25) is 0 Å². The number of aromatic nitrogens is 4. The van der Waals surface area contributed by atoms with Gasteiger partial charge in [-0.05, 0) is 11.4 Å². The molecule has 0 radical (unpaired) electrons. The summed E-state index contributed by atoms with van der Waals surface area (Å²) in [7, 11) is 5.55. The molecule has 0 atom stereocenters. The molecular formula is C14H16N6OS. The highest BCUT2D eigenvalue weighted by molar-refractivity contribution is 7.09. The van der Waals surface area contributed by atoms with Gasteiger partial charge in [-0.1, -0.05) is 6.07 Å². The molecule has 3 heterocycles. The SMILES string of the molecule is CN(C)c1nc(C(=O)NCc2cccs2)nc2c1cnn2C. The Labute approximate surface area is 131 Å². The van der Waals surface area contributed by atoms with Crippen LogP contribution in [0.4, 0.5) is 5.82 Å². The second-order valence-corrected chi connectivity index (χ2v) is 6.06. The molecule has 8 heteroatoms. The Bertz CT molecular complexity index is 808. The molecule has 0 fully saturated rings. The Morgan fingerprint density at radius 2 is 2.23 bits per heavy atom. The molecule has 0 aliphatic rings. The lowest BCUT2D eigenvalue weighted by atomic mass is 10.3. The molecular weight excluding hydrogens is 300 g/mol.